The summed E-state index contributed by atoms with van der Waals surface area (Å²) < 4.78 is 0. The number of halogens is 3. The quantitative estimate of drug-likeness (QED) is 0.895. The van der Waals surface area contributed by atoms with Gasteiger partial charge in [0.05, 0.1) is 21.0 Å². The van der Waals surface area contributed by atoms with Gasteiger partial charge in [-0.25, -0.2) is 4.98 Å². The predicted molar refractivity (Wildman–Crippen MR) is 68.4 cm³/mol. The molecule has 1 aromatic heterocycles. The fraction of sp³-hybridized carbons (Fsp3) is 0.300. The minimum Gasteiger partial charge on any atom is -0.481 e. The van der Waals surface area contributed by atoms with Crippen molar-refractivity contribution in [1.82, 2.24) is 10.3 Å². The van der Waals surface area contributed by atoms with Gasteiger partial charge in [0.15, 0.2) is 0 Å². The fourth-order valence-corrected chi connectivity index (χ4v) is 1.58. The molecular weight excluding hydrogens is 302 g/mol. The number of aromatic nitrogens is 1. The Bertz CT molecular complexity index is 494. The van der Waals surface area contributed by atoms with E-state index in [0.717, 1.165) is 0 Å². The highest BCUT2D eigenvalue weighted by Crippen LogP contribution is 2.30. The van der Waals surface area contributed by atoms with E-state index >= 15 is 0 Å². The highest BCUT2D eigenvalue weighted by molar-refractivity contribution is 6.48. The number of pyridine rings is 1. The SMILES string of the molecule is CC(CNC(=O)c1ncc(Cl)c(Cl)c1Cl)C(=O)O. The van der Waals surface area contributed by atoms with E-state index in [9.17, 15) is 9.59 Å². The van der Waals surface area contributed by atoms with Crippen molar-refractivity contribution in [2.45, 2.75) is 6.92 Å². The molecule has 18 heavy (non-hydrogen) atoms. The van der Waals surface area contributed by atoms with Gasteiger partial charge in [0.25, 0.3) is 5.91 Å². The number of aliphatic carboxylic acids is 1. The Morgan fingerprint density at radius 1 is 1.39 bits per heavy atom. The Morgan fingerprint density at radius 2 is 2.00 bits per heavy atom. The number of hydrogen-bond donors (Lipinski definition) is 2. The molecule has 2 N–H and O–H groups in total. The van der Waals surface area contributed by atoms with Crippen molar-refractivity contribution < 1.29 is 14.7 Å². The summed E-state index contributed by atoms with van der Waals surface area (Å²) in [7, 11) is 0. The highest BCUT2D eigenvalue weighted by atomic mass is 35.5. The number of carbonyl (C=O) groups is 2. The van der Waals surface area contributed by atoms with Gasteiger partial charge >= 0.3 is 5.97 Å². The van der Waals surface area contributed by atoms with E-state index < -0.39 is 17.8 Å². The van der Waals surface area contributed by atoms with Crippen molar-refractivity contribution in [3.05, 3.63) is 27.0 Å². The van der Waals surface area contributed by atoms with Crippen LogP contribution in [0.3, 0.4) is 0 Å². The summed E-state index contributed by atoms with van der Waals surface area (Å²) in [6, 6.07) is 0. The third-order valence-electron chi connectivity index (χ3n) is 2.12. The molecule has 1 atom stereocenters. The molecule has 5 nitrogen and oxygen atoms in total. The number of carbonyl (C=O) groups excluding carboxylic acids is 1. The van der Waals surface area contributed by atoms with Crippen LogP contribution in [-0.4, -0.2) is 28.5 Å². The Hall–Kier alpha value is -1.04. The van der Waals surface area contributed by atoms with Gasteiger partial charge in [0.1, 0.15) is 5.69 Å². The van der Waals surface area contributed by atoms with Gasteiger partial charge in [-0.05, 0) is 0 Å². The second-order valence-electron chi connectivity index (χ2n) is 3.53. The van der Waals surface area contributed by atoms with Crippen LogP contribution in [-0.2, 0) is 4.79 Å². The lowest BCUT2D eigenvalue weighted by Gasteiger charge is -2.09. The molecular formula is C10H9Cl3N2O3. The fourth-order valence-electron chi connectivity index (χ4n) is 1.02. The van der Waals surface area contributed by atoms with Gasteiger partial charge in [-0.2, -0.15) is 0 Å². The standard InChI is InChI=1S/C10H9Cl3N2O3/c1-4(10(17)18)2-15-9(16)8-7(13)6(12)5(11)3-14-8/h3-4H,2H2,1H3,(H,15,16)(H,17,18). The second kappa shape index (κ2) is 6.22. The molecule has 8 heteroatoms. The first kappa shape index (κ1) is 15.0. The molecule has 0 saturated heterocycles. The molecule has 0 fully saturated rings. The van der Waals surface area contributed by atoms with Crippen LogP contribution >= 0.6 is 34.8 Å². The lowest BCUT2D eigenvalue weighted by Crippen LogP contribution is -2.32. The number of amides is 1. The third-order valence-corrected chi connectivity index (χ3v) is 3.36. The van der Waals surface area contributed by atoms with Crippen molar-refractivity contribution in [1.29, 1.82) is 0 Å². The number of rotatable bonds is 4. The molecule has 0 saturated carbocycles. The Kier molecular flexibility index (Phi) is 5.19. The van der Waals surface area contributed by atoms with Crippen LogP contribution < -0.4 is 5.32 Å². The summed E-state index contributed by atoms with van der Waals surface area (Å²) in [6.45, 7) is 1.43. The van der Waals surface area contributed by atoms with E-state index in [0.29, 0.717) is 0 Å². The average Bonchev–Trinajstić information content (AvgIpc) is 2.32. The number of carboxylic acid groups (broad SMARTS) is 1. The van der Waals surface area contributed by atoms with Gasteiger partial charge in [0.2, 0.25) is 0 Å². The minimum absolute atomic E-state index is 0.0322. The second-order valence-corrected chi connectivity index (χ2v) is 4.70. The summed E-state index contributed by atoms with van der Waals surface area (Å²) in [5, 5.41) is 11.2. The molecule has 0 aliphatic rings. The molecule has 98 valence electrons. The molecule has 1 heterocycles. The van der Waals surface area contributed by atoms with Crippen molar-refractivity contribution in [3.63, 3.8) is 0 Å². The molecule has 0 aliphatic carbocycles. The maximum absolute atomic E-state index is 11.7. The smallest absolute Gasteiger partial charge is 0.308 e. The molecule has 0 radical (unpaired) electrons. The minimum atomic E-state index is -1.01. The maximum atomic E-state index is 11.7. The van der Waals surface area contributed by atoms with Crippen LogP contribution in [0.4, 0.5) is 0 Å². The average molecular weight is 312 g/mol. The number of nitrogens with one attached hydrogen (secondary N) is 1. The molecule has 0 spiro atoms. The van der Waals surface area contributed by atoms with Crippen LogP contribution in [0.5, 0.6) is 0 Å². The topological polar surface area (TPSA) is 79.3 Å². The van der Waals surface area contributed by atoms with E-state index in [-0.39, 0.29) is 27.3 Å². The normalized spacial score (nSPS) is 12.0. The Morgan fingerprint density at radius 3 is 2.56 bits per heavy atom. The van der Waals surface area contributed by atoms with Crippen LogP contribution in [0, 0.1) is 5.92 Å². The van der Waals surface area contributed by atoms with Crippen LogP contribution in [0.1, 0.15) is 17.4 Å². The summed E-state index contributed by atoms with van der Waals surface area (Å²) in [5.74, 6) is -2.33. The Balaban J connectivity index is 2.80. The van der Waals surface area contributed by atoms with E-state index in [4.69, 9.17) is 39.9 Å². The maximum Gasteiger partial charge on any atom is 0.308 e. The van der Waals surface area contributed by atoms with Crippen LogP contribution in [0.15, 0.2) is 6.20 Å². The molecule has 1 aromatic rings. The first-order valence-corrected chi connectivity index (χ1v) is 5.98. The molecule has 1 amide bonds. The van der Waals surface area contributed by atoms with Crippen LogP contribution in [0.2, 0.25) is 15.1 Å². The summed E-state index contributed by atoms with van der Waals surface area (Å²) in [6.07, 6.45) is 1.20. The van der Waals surface area contributed by atoms with Crippen molar-refractivity contribution in [3.8, 4) is 0 Å². The zero-order valence-electron chi connectivity index (χ0n) is 9.21. The molecule has 0 aliphatic heterocycles. The lowest BCUT2D eigenvalue weighted by molar-refractivity contribution is -0.140. The lowest BCUT2D eigenvalue weighted by atomic mass is 10.2. The van der Waals surface area contributed by atoms with Crippen molar-refractivity contribution >= 4 is 46.7 Å². The van der Waals surface area contributed by atoms with Gasteiger partial charge in [-0.15, -0.1) is 0 Å². The number of nitrogens with zero attached hydrogens (tertiary/aromatic N) is 1. The molecule has 1 rings (SSSR count). The largest absolute Gasteiger partial charge is 0.481 e. The Labute approximate surface area is 118 Å². The molecule has 1 unspecified atom stereocenters. The van der Waals surface area contributed by atoms with E-state index in [1.165, 1.54) is 13.1 Å². The first-order valence-electron chi connectivity index (χ1n) is 4.85. The number of hydrogen-bond acceptors (Lipinski definition) is 3. The van der Waals surface area contributed by atoms with E-state index in [1.54, 1.807) is 0 Å². The molecule has 0 bridgehead atoms. The summed E-state index contributed by atoms with van der Waals surface area (Å²) in [4.78, 5) is 26.0. The van der Waals surface area contributed by atoms with Gasteiger partial charge in [-0.3, -0.25) is 9.59 Å². The van der Waals surface area contributed by atoms with Gasteiger partial charge < -0.3 is 10.4 Å². The van der Waals surface area contributed by atoms with E-state index in [2.05, 4.69) is 10.3 Å². The zero-order valence-corrected chi connectivity index (χ0v) is 11.5. The van der Waals surface area contributed by atoms with Gasteiger partial charge in [-0.1, -0.05) is 41.7 Å². The summed E-state index contributed by atoms with van der Waals surface area (Å²) in [5.41, 5.74) is -0.0938. The highest BCUT2D eigenvalue weighted by Gasteiger charge is 2.18. The monoisotopic (exact) mass is 310 g/mol. The zero-order chi connectivity index (χ0) is 13.9. The van der Waals surface area contributed by atoms with Gasteiger partial charge in [0, 0.05) is 12.7 Å². The number of carboxylic acids is 1. The molecule has 0 aromatic carbocycles. The van der Waals surface area contributed by atoms with E-state index in [1.807, 2.05) is 0 Å². The van der Waals surface area contributed by atoms with Crippen molar-refractivity contribution in [2.75, 3.05) is 6.54 Å². The first-order chi connectivity index (χ1) is 8.34. The van der Waals surface area contributed by atoms with Crippen LogP contribution in [0.25, 0.3) is 0 Å². The van der Waals surface area contributed by atoms with Crippen molar-refractivity contribution in [2.24, 2.45) is 5.92 Å². The predicted octanol–water partition coefficient (Wildman–Crippen LogP) is 2.49. The summed E-state index contributed by atoms with van der Waals surface area (Å²) >= 11 is 17.2. The third kappa shape index (κ3) is 3.48.